The van der Waals surface area contributed by atoms with Gasteiger partial charge in [-0.1, -0.05) is 58.9 Å². The Labute approximate surface area is 322 Å². The minimum atomic E-state index is -2.86. The summed E-state index contributed by atoms with van der Waals surface area (Å²) in [6.45, 7) is 25.2. The highest BCUT2D eigenvalue weighted by atomic mass is 32.2. The fraction of sp³-hybridized carbons (Fsp3) is 0.844. The number of carbonyl (C=O) groups excluding carboxylic acids is 1. The molecule has 10 atom stereocenters. The van der Waals surface area contributed by atoms with Gasteiger partial charge < -0.3 is 20.1 Å². The van der Waals surface area contributed by atoms with E-state index in [9.17, 15) is 18.3 Å². The van der Waals surface area contributed by atoms with Crippen molar-refractivity contribution in [2.24, 2.45) is 56.7 Å². The SMILES string of the molecule is C=C(C)[C@@H]1CC[C@]2(NCCN3CCS(=O)(=O)CC3)CC[C@]3(C)[C@H](CC[C@@H]4[C@@]5(C)CC=C(C6=CCC(CO)(C(=O)OCC)CC6)C(C)(C)[C@@H]5CC[C@]43C)[C@@H]12. The summed E-state index contributed by atoms with van der Waals surface area (Å²) < 4.78 is 29.5. The average molecular weight is 753 g/mol. The Kier molecular flexibility index (Phi) is 10.4. The summed E-state index contributed by atoms with van der Waals surface area (Å²) in [4.78, 5) is 15.2. The number of aliphatic hydroxyl groups is 1. The number of sulfone groups is 1. The van der Waals surface area contributed by atoms with Crippen molar-refractivity contribution >= 4 is 15.8 Å². The molecule has 8 heteroatoms. The number of aliphatic hydroxyl groups excluding tert-OH is 1. The van der Waals surface area contributed by atoms with Gasteiger partial charge in [-0.05, 0) is 153 Å². The van der Waals surface area contributed by atoms with Crippen molar-refractivity contribution in [3.8, 4) is 0 Å². The number of nitrogens with zero attached hydrogens (tertiary/aromatic N) is 1. The number of nitrogens with one attached hydrogen (secondary N) is 1. The van der Waals surface area contributed by atoms with Gasteiger partial charge >= 0.3 is 5.97 Å². The number of esters is 1. The van der Waals surface area contributed by atoms with Crippen LogP contribution in [0.2, 0.25) is 0 Å². The van der Waals surface area contributed by atoms with Crippen LogP contribution in [0.25, 0.3) is 0 Å². The zero-order valence-corrected chi connectivity index (χ0v) is 35.1. The van der Waals surface area contributed by atoms with Gasteiger partial charge in [-0.25, -0.2) is 8.42 Å². The number of rotatable bonds is 9. The lowest BCUT2D eigenvalue weighted by atomic mass is 9.33. The van der Waals surface area contributed by atoms with E-state index in [-0.39, 0.29) is 39.8 Å². The van der Waals surface area contributed by atoms with Crippen molar-refractivity contribution < 1.29 is 23.1 Å². The van der Waals surface area contributed by atoms with Crippen molar-refractivity contribution in [2.45, 2.75) is 131 Å². The first-order chi connectivity index (χ1) is 24.9. The third-order valence-electron chi connectivity index (χ3n) is 18.0. The van der Waals surface area contributed by atoms with Gasteiger partial charge in [0.25, 0.3) is 0 Å². The van der Waals surface area contributed by atoms with E-state index in [1.807, 2.05) is 6.92 Å². The predicted molar refractivity (Wildman–Crippen MR) is 214 cm³/mol. The van der Waals surface area contributed by atoms with E-state index in [1.54, 1.807) is 0 Å². The maximum absolute atomic E-state index is 12.9. The van der Waals surface area contributed by atoms with E-state index in [4.69, 9.17) is 4.74 Å². The molecular formula is C45H72N2O5S. The Morgan fingerprint density at radius 3 is 2.32 bits per heavy atom. The van der Waals surface area contributed by atoms with Crippen LogP contribution < -0.4 is 5.32 Å². The molecule has 5 fully saturated rings. The highest BCUT2D eigenvalue weighted by Gasteiger charge is 2.70. The molecule has 0 spiro atoms. The quantitative estimate of drug-likeness (QED) is 0.183. The van der Waals surface area contributed by atoms with Crippen LogP contribution in [-0.4, -0.2) is 80.8 Å². The molecule has 7 rings (SSSR count). The Balaban J connectivity index is 1.12. The lowest BCUT2D eigenvalue weighted by Crippen LogP contribution is -2.68. The monoisotopic (exact) mass is 753 g/mol. The minimum Gasteiger partial charge on any atom is -0.465 e. The summed E-state index contributed by atoms with van der Waals surface area (Å²) in [5, 5.41) is 14.5. The van der Waals surface area contributed by atoms with Gasteiger partial charge in [0, 0.05) is 31.7 Å². The largest absolute Gasteiger partial charge is 0.465 e. The third-order valence-corrected chi connectivity index (χ3v) is 19.6. The molecule has 298 valence electrons. The maximum Gasteiger partial charge on any atom is 0.314 e. The number of hydrogen-bond donors (Lipinski definition) is 2. The number of carbonyl (C=O) groups is 1. The maximum atomic E-state index is 12.9. The Morgan fingerprint density at radius 2 is 1.68 bits per heavy atom. The molecule has 2 N–H and O–H groups in total. The standard InChI is InChI=1S/C45H72N2O5S/c1-9-52-39(49)44(30-48)19-12-32(13-20-44)34-15-17-41(6)36(40(34,4)5)16-18-43(8)37(41)11-10-35-38-33(31(2)3)14-21-45(38,23-22-42(35,43)7)46-24-25-47-26-28-53(50,51)29-27-47/h12,15,33,35-38,46,48H,2,9-11,13-14,16-30H2,1,3-8H3/t33-,35+,36-,37+,38+,41-,42+,43+,44?,45-/m0/s1. The first kappa shape index (κ1) is 39.7. The molecule has 6 aliphatic carbocycles. The second kappa shape index (κ2) is 13.9. The summed E-state index contributed by atoms with van der Waals surface area (Å²) in [7, 11) is -2.86. The molecule has 0 radical (unpaired) electrons. The second-order valence-corrected chi connectivity index (χ2v) is 22.7. The van der Waals surface area contributed by atoms with E-state index in [2.05, 4.69) is 70.5 Å². The van der Waals surface area contributed by atoms with Crippen LogP contribution in [0.15, 0.2) is 35.5 Å². The summed E-state index contributed by atoms with van der Waals surface area (Å²) in [5.74, 6) is 3.48. The molecule has 4 saturated carbocycles. The van der Waals surface area contributed by atoms with Crippen LogP contribution in [0.5, 0.6) is 0 Å². The van der Waals surface area contributed by atoms with E-state index >= 15 is 0 Å². The van der Waals surface area contributed by atoms with Crippen LogP contribution in [0.1, 0.15) is 126 Å². The van der Waals surface area contributed by atoms with E-state index in [0.717, 1.165) is 25.9 Å². The van der Waals surface area contributed by atoms with Crippen LogP contribution in [0.3, 0.4) is 0 Å². The summed E-state index contributed by atoms with van der Waals surface area (Å²) >= 11 is 0. The molecule has 0 amide bonds. The molecule has 1 aliphatic heterocycles. The first-order valence-electron chi connectivity index (χ1n) is 21.4. The van der Waals surface area contributed by atoms with Crippen molar-refractivity contribution in [3.05, 3.63) is 35.5 Å². The van der Waals surface area contributed by atoms with E-state index in [0.29, 0.717) is 73.6 Å². The highest BCUT2D eigenvalue weighted by molar-refractivity contribution is 7.91. The van der Waals surface area contributed by atoms with E-state index in [1.165, 1.54) is 68.1 Å². The van der Waals surface area contributed by atoms with Gasteiger partial charge in [0.1, 0.15) is 0 Å². The van der Waals surface area contributed by atoms with Gasteiger partial charge in [0.2, 0.25) is 0 Å². The molecule has 0 aromatic heterocycles. The molecular weight excluding hydrogens is 681 g/mol. The number of fused-ring (bicyclic) bond motifs is 7. The fourth-order valence-electron chi connectivity index (χ4n) is 14.9. The van der Waals surface area contributed by atoms with Gasteiger partial charge in [0.15, 0.2) is 9.84 Å². The average Bonchev–Trinajstić information content (AvgIpc) is 3.49. The zero-order chi connectivity index (χ0) is 38.2. The molecule has 7 aliphatic rings. The highest BCUT2D eigenvalue weighted by Crippen LogP contribution is 2.76. The number of ether oxygens (including phenoxy) is 1. The zero-order valence-electron chi connectivity index (χ0n) is 34.3. The van der Waals surface area contributed by atoms with Crippen LogP contribution in [-0.2, 0) is 19.4 Å². The van der Waals surface area contributed by atoms with Crippen LogP contribution >= 0.6 is 0 Å². The minimum absolute atomic E-state index is 0.0434. The summed E-state index contributed by atoms with van der Waals surface area (Å²) in [6.07, 6.45) is 18.2. The first-order valence-corrected chi connectivity index (χ1v) is 23.3. The van der Waals surface area contributed by atoms with Gasteiger partial charge in [-0.2, -0.15) is 0 Å². The van der Waals surface area contributed by atoms with Gasteiger partial charge in [-0.3, -0.25) is 4.79 Å². The van der Waals surface area contributed by atoms with Crippen LogP contribution in [0, 0.1) is 56.7 Å². The topological polar surface area (TPSA) is 95.9 Å². The van der Waals surface area contributed by atoms with Crippen molar-refractivity contribution in [1.82, 2.24) is 10.2 Å². The molecule has 0 bridgehead atoms. The molecule has 53 heavy (non-hydrogen) atoms. The van der Waals surface area contributed by atoms with Crippen molar-refractivity contribution in [2.75, 3.05) is 50.9 Å². The summed E-state index contributed by atoms with van der Waals surface area (Å²) in [5.41, 5.74) is 4.44. The Morgan fingerprint density at radius 1 is 0.943 bits per heavy atom. The number of hydrogen-bond acceptors (Lipinski definition) is 7. The fourth-order valence-corrected chi connectivity index (χ4v) is 16.1. The third kappa shape index (κ3) is 6.20. The van der Waals surface area contributed by atoms with Crippen LogP contribution in [0.4, 0.5) is 0 Å². The predicted octanol–water partition coefficient (Wildman–Crippen LogP) is 7.90. The molecule has 1 heterocycles. The smallest absolute Gasteiger partial charge is 0.314 e. The molecule has 7 nitrogen and oxygen atoms in total. The molecule has 1 saturated heterocycles. The van der Waals surface area contributed by atoms with Gasteiger partial charge in [-0.15, -0.1) is 0 Å². The lowest BCUT2D eigenvalue weighted by molar-refractivity contribution is -0.221. The Hall–Kier alpha value is -1.48. The van der Waals surface area contributed by atoms with Crippen molar-refractivity contribution in [3.63, 3.8) is 0 Å². The number of allylic oxidation sites excluding steroid dienone is 5. The van der Waals surface area contributed by atoms with Crippen molar-refractivity contribution in [1.29, 1.82) is 0 Å². The summed E-state index contributed by atoms with van der Waals surface area (Å²) in [6, 6.07) is 0. The second-order valence-electron chi connectivity index (χ2n) is 20.4. The Bertz CT molecular complexity index is 1620. The molecule has 0 aromatic rings. The normalized spacial score (nSPS) is 44.7. The molecule has 0 aromatic carbocycles. The van der Waals surface area contributed by atoms with Gasteiger partial charge in [0.05, 0.1) is 30.1 Å². The lowest BCUT2D eigenvalue weighted by Gasteiger charge is -2.72. The van der Waals surface area contributed by atoms with E-state index < -0.39 is 15.3 Å². The molecule has 1 unspecified atom stereocenters.